The predicted octanol–water partition coefficient (Wildman–Crippen LogP) is 6.95. The van der Waals surface area contributed by atoms with Crippen LogP contribution in [0.1, 0.15) is 104 Å². The molecule has 5 aliphatic carbocycles. The zero-order chi connectivity index (χ0) is 20.9. The Hall–Kier alpha value is -0.730. The van der Waals surface area contributed by atoms with Gasteiger partial charge in [-0.2, -0.15) is 0 Å². The van der Waals surface area contributed by atoms with Crippen molar-refractivity contribution < 1.29 is 9.53 Å². The lowest BCUT2D eigenvalue weighted by atomic mass is 9.42. The average molecular weight is 416 g/mol. The lowest BCUT2D eigenvalue weighted by Gasteiger charge is -2.62. The van der Waals surface area contributed by atoms with Crippen molar-refractivity contribution in [1.29, 1.82) is 0 Å². The molecule has 0 aromatic carbocycles. The fourth-order valence-corrected chi connectivity index (χ4v) is 9.33. The maximum atomic E-state index is 11.9. The smallest absolute Gasteiger partial charge is 0.407 e. The second-order valence-electron chi connectivity index (χ2n) is 12.3. The molecule has 3 heteroatoms. The van der Waals surface area contributed by atoms with E-state index in [0.29, 0.717) is 23.5 Å². The number of nitrogens with one attached hydrogen (secondary N) is 1. The lowest BCUT2D eigenvalue weighted by Crippen LogP contribution is -2.55. The molecular weight excluding hydrogens is 370 g/mol. The van der Waals surface area contributed by atoms with Gasteiger partial charge in [0.2, 0.25) is 0 Å². The predicted molar refractivity (Wildman–Crippen MR) is 121 cm³/mol. The van der Waals surface area contributed by atoms with Gasteiger partial charge < -0.3 is 10.1 Å². The summed E-state index contributed by atoms with van der Waals surface area (Å²) in [6.07, 6.45) is 17.6. The third-order valence-electron chi connectivity index (χ3n) is 11.1. The van der Waals surface area contributed by atoms with Gasteiger partial charge in [-0.1, -0.05) is 40.0 Å². The monoisotopic (exact) mass is 415 g/mol. The van der Waals surface area contributed by atoms with Gasteiger partial charge in [0.1, 0.15) is 0 Å². The van der Waals surface area contributed by atoms with Crippen LogP contribution in [0.15, 0.2) is 0 Å². The summed E-state index contributed by atoms with van der Waals surface area (Å²) in [5.74, 6) is 5.55. The largest absolute Gasteiger partial charge is 0.450 e. The molecule has 0 radical (unpaired) electrons. The van der Waals surface area contributed by atoms with Gasteiger partial charge >= 0.3 is 6.09 Å². The van der Waals surface area contributed by atoms with E-state index >= 15 is 0 Å². The maximum absolute atomic E-state index is 11.9. The topological polar surface area (TPSA) is 38.3 Å². The minimum atomic E-state index is -0.185. The molecule has 0 aliphatic heterocycles. The molecule has 3 nitrogen and oxygen atoms in total. The molecule has 0 spiro atoms. The Bertz CT molecular complexity index is 645. The first-order chi connectivity index (χ1) is 14.5. The Kier molecular flexibility index (Phi) is 5.63. The number of hydrogen-bond donors (Lipinski definition) is 1. The molecule has 170 valence electrons. The summed E-state index contributed by atoms with van der Waals surface area (Å²) in [6.45, 7) is 8.39. The van der Waals surface area contributed by atoms with Crippen LogP contribution < -0.4 is 5.32 Å². The fraction of sp³-hybridized carbons (Fsp3) is 0.963. The van der Waals surface area contributed by atoms with Crippen molar-refractivity contribution >= 4 is 6.09 Å². The van der Waals surface area contributed by atoms with Gasteiger partial charge in [0.15, 0.2) is 0 Å². The highest BCUT2D eigenvalue weighted by atomic mass is 16.5. The van der Waals surface area contributed by atoms with E-state index < -0.39 is 0 Å². The molecule has 5 saturated carbocycles. The standard InChI is InChI=1S/C27H45NO2/c1-4-18-17-21-23-11-8-19(13-16-30-25(29)28-20-9-10-20)26(23,2)15-12-24(21)27(3)14-6-5-7-22(18)27/h18-24H,4-17H2,1-3H3,(H,28,29)/t18-,19?,21?,22?,23?,24-,26?,27?/m0/s1. The molecule has 0 saturated heterocycles. The molecule has 0 aromatic heterocycles. The van der Waals surface area contributed by atoms with Gasteiger partial charge in [-0.3, -0.25) is 0 Å². The van der Waals surface area contributed by atoms with Crippen LogP contribution in [0, 0.1) is 46.3 Å². The van der Waals surface area contributed by atoms with Gasteiger partial charge in [0.05, 0.1) is 6.61 Å². The quantitative estimate of drug-likeness (QED) is 0.527. The van der Waals surface area contributed by atoms with E-state index in [1.807, 2.05) is 0 Å². The summed E-state index contributed by atoms with van der Waals surface area (Å²) < 4.78 is 5.56. The van der Waals surface area contributed by atoms with Crippen LogP contribution in [0.2, 0.25) is 0 Å². The molecule has 1 N–H and O–H groups in total. The van der Waals surface area contributed by atoms with Crippen LogP contribution in [0.4, 0.5) is 4.79 Å². The second-order valence-corrected chi connectivity index (χ2v) is 12.3. The van der Waals surface area contributed by atoms with Crippen molar-refractivity contribution in [3.8, 4) is 0 Å². The summed E-state index contributed by atoms with van der Waals surface area (Å²) in [6, 6.07) is 0.393. The van der Waals surface area contributed by atoms with Crippen molar-refractivity contribution in [3.05, 3.63) is 0 Å². The van der Waals surface area contributed by atoms with Crippen molar-refractivity contribution in [2.24, 2.45) is 46.3 Å². The van der Waals surface area contributed by atoms with Gasteiger partial charge in [-0.25, -0.2) is 4.79 Å². The minimum absolute atomic E-state index is 0.185. The van der Waals surface area contributed by atoms with Crippen molar-refractivity contribution in [3.63, 3.8) is 0 Å². The Morgan fingerprint density at radius 1 is 0.933 bits per heavy atom. The molecule has 1 amide bonds. The molecule has 8 atom stereocenters. The summed E-state index contributed by atoms with van der Waals surface area (Å²) in [4.78, 5) is 11.9. The van der Waals surface area contributed by atoms with Gasteiger partial charge in [-0.05, 0) is 111 Å². The van der Waals surface area contributed by atoms with Gasteiger partial charge in [-0.15, -0.1) is 0 Å². The van der Waals surface area contributed by atoms with E-state index in [2.05, 4.69) is 26.1 Å². The number of hydrogen-bond acceptors (Lipinski definition) is 2. The van der Waals surface area contributed by atoms with Crippen LogP contribution >= 0.6 is 0 Å². The zero-order valence-electron chi connectivity index (χ0n) is 19.8. The highest BCUT2D eigenvalue weighted by Crippen LogP contribution is 2.69. The van der Waals surface area contributed by atoms with Crippen molar-refractivity contribution in [1.82, 2.24) is 5.32 Å². The minimum Gasteiger partial charge on any atom is -0.450 e. The van der Waals surface area contributed by atoms with Gasteiger partial charge in [0, 0.05) is 6.04 Å². The Morgan fingerprint density at radius 3 is 2.50 bits per heavy atom. The second kappa shape index (κ2) is 8.00. The molecule has 0 heterocycles. The maximum Gasteiger partial charge on any atom is 0.407 e. The summed E-state index contributed by atoms with van der Waals surface area (Å²) in [5, 5.41) is 2.96. The zero-order valence-corrected chi connectivity index (χ0v) is 19.8. The summed E-state index contributed by atoms with van der Waals surface area (Å²) >= 11 is 0. The number of carbonyl (C=O) groups excluding carboxylic acids is 1. The molecule has 5 aliphatic rings. The highest BCUT2D eigenvalue weighted by molar-refractivity contribution is 5.67. The number of rotatable bonds is 5. The van der Waals surface area contributed by atoms with Crippen LogP contribution in [-0.2, 0) is 4.74 Å². The van der Waals surface area contributed by atoms with Crippen LogP contribution in [0.5, 0.6) is 0 Å². The fourth-order valence-electron chi connectivity index (χ4n) is 9.33. The summed E-state index contributed by atoms with van der Waals surface area (Å²) in [7, 11) is 0. The third kappa shape index (κ3) is 3.51. The first kappa shape index (κ1) is 21.1. The van der Waals surface area contributed by atoms with Gasteiger partial charge in [0.25, 0.3) is 0 Å². The number of carbonyl (C=O) groups is 1. The molecular formula is C27H45NO2. The molecule has 0 aromatic rings. The SMILES string of the molecule is CC[C@H]1CC2C3CCC(CCOC(=O)NC4CC4)C3(C)CC[C@@H]2C2(C)CCCCC12. The third-order valence-corrected chi connectivity index (χ3v) is 11.1. The molecule has 5 fully saturated rings. The van der Waals surface area contributed by atoms with E-state index in [9.17, 15) is 4.79 Å². The Labute approximate surface area is 184 Å². The number of amides is 1. The van der Waals surface area contributed by atoms with E-state index in [1.165, 1.54) is 64.2 Å². The van der Waals surface area contributed by atoms with Crippen molar-refractivity contribution in [2.75, 3.05) is 6.61 Å². The average Bonchev–Trinajstić information content (AvgIpc) is 3.47. The van der Waals surface area contributed by atoms with E-state index in [4.69, 9.17) is 4.74 Å². The molecule has 30 heavy (non-hydrogen) atoms. The van der Waals surface area contributed by atoms with Crippen molar-refractivity contribution in [2.45, 2.75) is 110 Å². The highest BCUT2D eigenvalue weighted by Gasteiger charge is 2.61. The first-order valence-electron chi connectivity index (χ1n) is 13.4. The Balaban J connectivity index is 1.26. The molecule has 0 bridgehead atoms. The lowest BCUT2D eigenvalue weighted by molar-refractivity contribution is -0.136. The normalized spacial score (nSPS) is 47.7. The van der Waals surface area contributed by atoms with Crippen LogP contribution in [-0.4, -0.2) is 18.7 Å². The molecule has 6 unspecified atom stereocenters. The number of alkyl carbamates (subject to hydrolysis) is 1. The van der Waals surface area contributed by atoms with E-state index in [1.54, 1.807) is 0 Å². The first-order valence-corrected chi connectivity index (χ1v) is 13.4. The molecule has 5 rings (SSSR count). The van der Waals surface area contributed by atoms with E-state index in [0.717, 1.165) is 54.8 Å². The Morgan fingerprint density at radius 2 is 1.73 bits per heavy atom. The number of fused-ring (bicyclic) bond motifs is 5. The van der Waals surface area contributed by atoms with Crippen LogP contribution in [0.25, 0.3) is 0 Å². The van der Waals surface area contributed by atoms with E-state index in [-0.39, 0.29) is 6.09 Å². The number of ether oxygens (including phenoxy) is 1. The van der Waals surface area contributed by atoms with Crippen LogP contribution in [0.3, 0.4) is 0 Å². The summed E-state index contributed by atoms with van der Waals surface area (Å²) in [5.41, 5.74) is 1.10.